The summed E-state index contributed by atoms with van der Waals surface area (Å²) < 4.78 is 0. The van der Waals surface area contributed by atoms with Gasteiger partial charge in [0, 0.05) is 37.9 Å². The van der Waals surface area contributed by atoms with Gasteiger partial charge in [0.15, 0.2) is 0 Å². The lowest BCUT2D eigenvalue weighted by Gasteiger charge is -2.36. The van der Waals surface area contributed by atoms with Gasteiger partial charge in [-0.2, -0.15) is 0 Å². The van der Waals surface area contributed by atoms with E-state index in [0.717, 1.165) is 25.1 Å². The van der Waals surface area contributed by atoms with Gasteiger partial charge in [0.2, 0.25) is 0 Å². The first kappa shape index (κ1) is 15.8. The largest absolute Gasteiger partial charge is 0.396 e. The number of amides is 1. The van der Waals surface area contributed by atoms with E-state index in [2.05, 4.69) is 10.3 Å². The van der Waals surface area contributed by atoms with Crippen LogP contribution >= 0.6 is 0 Å². The second-order valence-electron chi connectivity index (χ2n) is 6.20. The predicted octanol–water partition coefficient (Wildman–Crippen LogP) is 2.14. The van der Waals surface area contributed by atoms with Crippen molar-refractivity contribution in [3.63, 3.8) is 0 Å². The van der Waals surface area contributed by atoms with E-state index in [4.69, 9.17) is 0 Å². The Morgan fingerprint density at radius 1 is 1.38 bits per heavy atom. The van der Waals surface area contributed by atoms with Crippen LogP contribution in [0.15, 0.2) is 18.3 Å². The van der Waals surface area contributed by atoms with Gasteiger partial charge in [-0.05, 0) is 25.0 Å². The number of rotatable bonds is 5. The van der Waals surface area contributed by atoms with E-state index in [1.165, 1.54) is 24.2 Å². The minimum atomic E-state index is -0.104. The number of nitrogens with one attached hydrogen (secondary N) is 1. The van der Waals surface area contributed by atoms with Crippen molar-refractivity contribution < 1.29 is 9.90 Å². The molecule has 1 aliphatic carbocycles. The lowest BCUT2D eigenvalue weighted by molar-refractivity contribution is 0.0822. The average Bonchev–Trinajstić information content (AvgIpc) is 2.53. The molecule has 1 aliphatic rings. The predicted molar refractivity (Wildman–Crippen MR) is 83.3 cm³/mol. The zero-order valence-corrected chi connectivity index (χ0v) is 12.9. The molecule has 0 atom stereocenters. The number of aliphatic hydroxyl groups is 1. The van der Waals surface area contributed by atoms with Crippen molar-refractivity contribution >= 4 is 11.6 Å². The minimum absolute atomic E-state index is 0.0206. The quantitative estimate of drug-likeness (QED) is 0.872. The van der Waals surface area contributed by atoms with Gasteiger partial charge >= 0.3 is 0 Å². The third-order valence-corrected chi connectivity index (χ3v) is 4.30. The molecule has 5 heteroatoms. The molecule has 1 heterocycles. The Labute approximate surface area is 126 Å². The first-order chi connectivity index (χ1) is 10.1. The van der Waals surface area contributed by atoms with Crippen LogP contribution in [0.3, 0.4) is 0 Å². The number of carbonyl (C=O) groups excluding carboxylic acids is 1. The molecule has 1 aromatic heterocycles. The van der Waals surface area contributed by atoms with E-state index < -0.39 is 0 Å². The molecule has 1 aromatic rings. The van der Waals surface area contributed by atoms with Crippen molar-refractivity contribution in [2.24, 2.45) is 5.41 Å². The molecule has 5 nitrogen and oxygen atoms in total. The van der Waals surface area contributed by atoms with Gasteiger partial charge in [-0.25, -0.2) is 0 Å². The fourth-order valence-electron chi connectivity index (χ4n) is 2.87. The third kappa shape index (κ3) is 3.94. The molecule has 1 fully saturated rings. The molecular formula is C16H25N3O2. The second-order valence-corrected chi connectivity index (χ2v) is 6.20. The van der Waals surface area contributed by atoms with E-state index in [1.54, 1.807) is 26.4 Å². The molecule has 0 aromatic carbocycles. The van der Waals surface area contributed by atoms with Gasteiger partial charge in [-0.15, -0.1) is 0 Å². The first-order valence-corrected chi connectivity index (χ1v) is 7.59. The number of anilines is 1. The molecule has 0 bridgehead atoms. The molecule has 21 heavy (non-hydrogen) atoms. The van der Waals surface area contributed by atoms with Crippen molar-refractivity contribution in [2.75, 3.05) is 32.6 Å². The molecule has 1 saturated carbocycles. The summed E-state index contributed by atoms with van der Waals surface area (Å²) in [7, 11) is 3.43. The van der Waals surface area contributed by atoms with Crippen LogP contribution in [-0.2, 0) is 0 Å². The van der Waals surface area contributed by atoms with E-state index >= 15 is 0 Å². The van der Waals surface area contributed by atoms with Crippen LogP contribution in [0.2, 0.25) is 0 Å². The fraction of sp³-hybridized carbons (Fsp3) is 0.625. The van der Waals surface area contributed by atoms with Gasteiger partial charge in [0.25, 0.3) is 5.91 Å². The van der Waals surface area contributed by atoms with Crippen LogP contribution < -0.4 is 5.32 Å². The first-order valence-electron chi connectivity index (χ1n) is 7.59. The highest BCUT2D eigenvalue weighted by atomic mass is 16.3. The van der Waals surface area contributed by atoms with Crippen molar-refractivity contribution in [3.8, 4) is 0 Å². The smallest absolute Gasteiger partial charge is 0.272 e. The highest BCUT2D eigenvalue weighted by Gasteiger charge is 2.31. The summed E-state index contributed by atoms with van der Waals surface area (Å²) in [6.07, 6.45) is 7.39. The summed E-state index contributed by atoms with van der Waals surface area (Å²) >= 11 is 0. The van der Waals surface area contributed by atoms with Crippen LogP contribution in [0, 0.1) is 5.41 Å². The summed E-state index contributed by atoms with van der Waals surface area (Å²) in [6, 6.07) is 3.64. The minimum Gasteiger partial charge on any atom is -0.396 e. The van der Waals surface area contributed by atoms with Crippen LogP contribution in [-0.4, -0.2) is 48.1 Å². The standard InChI is InChI=1S/C16H25N3O2/c1-19(2)15(21)14-10-13(6-9-17-14)18-11-16(12-20)7-4-3-5-8-16/h6,9-10,20H,3-5,7-8,11-12H2,1-2H3,(H,17,18). The Morgan fingerprint density at radius 2 is 2.10 bits per heavy atom. The monoisotopic (exact) mass is 291 g/mol. The summed E-state index contributed by atoms with van der Waals surface area (Å²) in [6.45, 7) is 0.956. The van der Waals surface area contributed by atoms with Gasteiger partial charge in [-0.1, -0.05) is 19.3 Å². The highest BCUT2D eigenvalue weighted by molar-refractivity contribution is 5.92. The van der Waals surface area contributed by atoms with E-state index in [0.29, 0.717) is 5.69 Å². The Bertz CT molecular complexity index is 482. The summed E-state index contributed by atoms with van der Waals surface area (Å²) in [4.78, 5) is 17.5. The molecule has 0 unspecified atom stereocenters. The molecule has 2 N–H and O–H groups in total. The maximum absolute atomic E-state index is 11.9. The Kier molecular flexibility index (Phi) is 5.17. The molecule has 0 saturated heterocycles. The SMILES string of the molecule is CN(C)C(=O)c1cc(NCC2(CO)CCCCC2)ccn1. The molecule has 0 radical (unpaired) electrons. The van der Waals surface area contributed by atoms with Gasteiger partial charge in [0.1, 0.15) is 5.69 Å². The maximum atomic E-state index is 11.9. The summed E-state index contributed by atoms with van der Waals surface area (Å²) in [5, 5.41) is 13.1. The van der Waals surface area contributed by atoms with Gasteiger partial charge < -0.3 is 15.3 Å². The van der Waals surface area contributed by atoms with Crippen molar-refractivity contribution in [3.05, 3.63) is 24.0 Å². The second kappa shape index (κ2) is 6.89. The molecule has 1 amide bonds. The molecular weight excluding hydrogens is 266 g/mol. The van der Waals surface area contributed by atoms with Crippen LogP contribution in [0.5, 0.6) is 0 Å². The lowest BCUT2D eigenvalue weighted by Crippen LogP contribution is -2.35. The number of aliphatic hydroxyl groups excluding tert-OH is 1. The number of hydrogen-bond donors (Lipinski definition) is 2. The van der Waals surface area contributed by atoms with Gasteiger partial charge in [0.05, 0.1) is 6.61 Å². The van der Waals surface area contributed by atoms with Gasteiger partial charge in [-0.3, -0.25) is 9.78 Å². The third-order valence-electron chi connectivity index (χ3n) is 4.30. The van der Waals surface area contributed by atoms with Crippen molar-refractivity contribution in [2.45, 2.75) is 32.1 Å². The topological polar surface area (TPSA) is 65.5 Å². The molecule has 0 spiro atoms. The zero-order valence-electron chi connectivity index (χ0n) is 12.9. The van der Waals surface area contributed by atoms with E-state index in [-0.39, 0.29) is 17.9 Å². The molecule has 116 valence electrons. The average molecular weight is 291 g/mol. The van der Waals surface area contributed by atoms with Crippen molar-refractivity contribution in [1.29, 1.82) is 0 Å². The number of hydrogen-bond acceptors (Lipinski definition) is 4. The van der Waals surface area contributed by atoms with E-state index in [9.17, 15) is 9.90 Å². The molecule has 0 aliphatic heterocycles. The van der Waals surface area contributed by atoms with E-state index in [1.807, 2.05) is 6.07 Å². The fourth-order valence-corrected chi connectivity index (χ4v) is 2.87. The number of nitrogens with zero attached hydrogens (tertiary/aromatic N) is 2. The lowest BCUT2D eigenvalue weighted by atomic mass is 9.74. The maximum Gasteiger partial charge on any atom is 0.272 e. The van der Waals surface area contributed by atoms with Crippen LogP contribution in [0.4, 0.5) is 5.69 Å². The Hall–Kier alpha value is -1.62. The molecule has 2 rings (SSSR count). The normalized spacial score (nSPS) is 17.3. The number of carbonyl (C=O) groups is 1. The zero-order chi connectivity index (χ0) is 15.3. The Balaban J connectivity index is 2.02. The number of aromatic nitrogens is 1. The van der Waals surface area contributed by atoms with Crippen molar-refractivity contribution in [1.82, 2.24) is 9.88 Å². The van der Waals surface area contributed by atoms with Crippen LogP contribution in [0.25, 0.3) is 0 Å². The summed E-state index contributed by atoms with van der Waals surface area (Å²) in [5.74, 6) is -0.104. The summed E-state index contributed by atoms with van der Waals surface area (Å²) in [5.41, 5.74) is 1.30. The highest BCUT2D eigenvalue weighted by Crippen LogP contribution is 2.36. The number of pyridine rings is 1. The Morgan fingerprint density at radius 3 is 2.71 bits per heavy atom. The van der Waals surface area contributed by atoms with Crippen LogP contribution in [0.1, 0.15) is 42.6 Å².